The SMILES string of the molecule is CN(C)c1ccc(C(=O)NCCN2CCN(c3nc4ccc([N+](=O)[O-])cc4s3)CC2)cc1. The van der Waals surface area contributed by atoms with Crippen LogP contribution in [0.25, 0.3) is 10.2 Å². The number of non-ortho nitro benzene ring substituents is 1. The van der Waals surface area contributed by atoms with Gasteiger partial charge in [-0.15, -0.1) is 0 Å². The van der Waals surface area contributed by atoms with Crippen molar-refractivity contribution in [2.24, 2.45) is 0 Å². The number of nitrogens with zero attached hydrogens (tertiary/aromatic N) is 5. The Morgan fingerprint density at radius 3 is 2.53 bits per heavy atom. The maximum absolute atomic E-state index is 12.4. The van der Waals surface area contributed by atoms with E-state index in [2.05, 4.69) is 20.1 Å². The van der Waals surface area contributed by atoms with Gasteiger partial charge in [0, 0.05) is 76.7 Å². The van der Waals surface area contributed by atoms with E-state index in [-0.39, 0.29) is 16.5 Å². The van der Waals surface area contributed by atoms with Gasteiger partial charge in [-0.05, 0) is 30.3 Å². The van der Waals surface area contributed by atoms with Crippen LogP contribution >= 0.6 is 11.3 Å². The first-order valence-corrected chi connectivity index (χ1v) is 11.3. The highest BCUT2D eigenvalue weighted by Gasteiger charge is 2.20. The summed E-state index contributed by atoms with van der Waals surface area (Å²) in [5.41, 5.74) is 2.61. The second kappa shape index (κ2) is 9.49. The Morgan fingerprint density at radius 2 is 1.88 bits per heavy atom. The fourth-order valence-corrected chi connectivity index (χ4v) is 4.70. The Morgan fingerprint density at radius 1 is 1.16 bits per heavy atom. The molecule has 0 unspecified atom stereocenters. The predicted molar refractivity (Wildman–Crippen MR) is 128 cm³/mol. The number of carbonyl (C=O) groups is 1. The summed E-state index contributed by atoms with van der Waals surface area (Å²) in [6, 6.07) is 12.4. The summed E-state index contributed by atoms with van der Waals surface area (Å²) in [5, 5.41) is 14.9. The number of benzene rings is 2. The van der Waals surface area contributed by atoms with Crippen molar-refractivity contribution in [2.75, 3.05) is 63.2 Å². The molecule has 0 spiro atoms. The first kappa shape index (κ1) is 22.0. The first-order chi connectivity index (χ1) is 15.4. The summed E-state index contributed by atoms with van der Waals surface area (Å²) < 4.78 is 0.831. The Balaban J connectivity index is 1.25. The highest BCUT2D eigenvalue weighted by Crippen LogP contribution is 2.31. The lowest BCUT2D eigenvalue weighted by Crippen LogP contribution is -2.48. The van der Waals surface area contributed by atoms with Gasteiger partial charge in [0.2, 0.25) is 0 Å². The van der Waals surface area contributed by atoms with Crippen molar-refractivity contribution < 1.29 is 9.72 Å². The van der Waals surface area contributed by atoms with Gasteiger partial charge in [-0.25, -0.2) is 4.98 Å². The highest BCUT2D eigenvalue weighted by atomic mass is 32.1. The molecule has 168 valence electrons. The van der Waals surface area contributed by atoms with E-state index in [1.165, 1.54) is 17.4 Å². The van der Waals surface area contributed by atoms with Crippen molar-refractivity contribution >= 4 is 44.0 Å². The molecule has 1 amide bonds. The van der Waals surface area contributed by atoms with Crippen molar-refractivity contribution in [3.63, 3.8) is 0 Å². The van der Waals surface area contributed by atoms with E-state index in [4.69, 9.17) is 0 Å². The van der Waals surface area contributed by atoms with Crippen LogP contribution in [-0.2, 0) is 0 Å². The van der Waals surface area contributed by atoms with E-state index in [0.717, 1.165) is 53.8 Å². The standard InChI is InChI=1S/C22H26N6O3S/c1-25(2)17-5-3-16(4-6-17)21(29)23-9-10-26-11-13-27(14-12-26)22-24-19-8-7-18(28(30)31)15-20(19)32-22/h3-8,15H,9-14H2,1-2H3,(H,23,29). The number of fused-ring (bicyclic) bond motifs is 1. The lowest BCUT2D eigenvalue weighted by molar-refractivity contribution is -0.384. The Labute approximate surface area is 190 Å². The number of thiazole rings is 1. The van der Waals surface area contributed by atoms with E-state index in [0.29, 0.717) is 12.1 Å². The molecule has 3 aromatic rings. The van der Waals surface area contributed by atoms with E-state index in [1.54, 1.807) is 12.1 Å². The van der Waals surface area contributed by atoms with Crippen LogP contribution in [-0.4, -0.2) is 74.1 Å². The molecule has 0 bridgehead atoms. The fraction of sp³-hybridized carbons (Fsp3) is 0.364. The molecule has 4 rings (SSSR count). The third-order valence-electron chi connectivity index (χ3n) is 5.57. The minimum absolute atomic E-state index is 0.0579. The minimum Gasteiger partial charge on any atom is -0.378 e. The van der Waals surface area contributed by atoms with Crippen molar-refractivity contribution in [1.29, 1.82) is 0 Å². The number of hydrogen-bond donors (Lipinski definition) is 1. The molecule has 1 aromatic heterocycles. The van der Waals surface area contributed by atoms with Gasteiger partial charge in [-0.2, -0.15) is 0 Å². The van der Waals surface area contributed by atoms with Crippen LogP contribution in [0, 0.1) is 10.1 Å². The normalized spacial score (nSPS) is 14.5. The lowest BCUT2D eigenvalue weighted by atomic mass is 10.2. The molecular formula is C22H26N6O3S. The number of carbonyl (C=O) groups excluding carboxylic acids is 1. The average Bonchev–Trinajstić information content (AvgIpc) is 3.23. The third-order valence-corrected chi connectivity index (χ3v) is 6.65. The van der Waals surface area contributed by atoms with Crippen LogP contribution in [0.4, 0.5) is 16.5 Å². The predicted octanol–water partition coefficient (Wildman–Crippen LogP) is 2.82. The van der Waals surface area contributed by atoms with Crippen LogP contribution in [0.2, 0.25) is 0 Å². The lowest BCUT2D eigenvalue weighted by Gasteiger charge is -2.34. The number of hydrogen-bond acceptors (Lipinski definition) is 8. The van der Waals surface area contributed by atoms with Crippen LogP contribution in [0.3, 0.4) is 0 Å². The van der Waals surface area contributed by atoms with E-state index < -0.39 is 0 Å². The largest absolute Gasteiger partial charge is 0.378 e. The number of piperazine rings is 1. The van der Waals surface area contributed by atoms with Crippen LogP contribution < -0.4 is 15.1 Å². The molecular weight excluding hydrogens is 428 g/mol. The number of nitro benzene ring substituents is 1. The molecule has 1 N–H and O–H groups in total. The molecule has 10 heteroatoms. The zero-order valence-corrected chi connectivity index (χ0v) is 19.0. The van der Waals surface area contributed by atoms with Crippen molar-refractivity contribution in [2.45, 2.75) is 0 Å². The molecule has 32 heavy (non-hydrogen) atoms. The number of nitrogens with one attached hydrogen (secondary N) is 1. The van der Waals surface area contributed by atoms with Crippen LogP contribution in [0.1, 0.15) is 10.4 Å². The summed E-state index contributed by atoms with van der Waals surface area (Å²) in [5.74, 6) is -0.0579. The zero-order valence-electron chi connectivity index (χ0n) is 18.2. The minimum atomic E-state index is -0.380. The average molecular weight is 455 g/mol. The molecule has 1 aliphatic rings. The van der Waals surface area contributed by atoms with E-state index in [1.807, 2.05) is 43.3 Å². The van der Waals surface area contributed by atoms with E-state index >= 15 is 0 Å². The van der Waals surface area contributed by atoms with Crippen molar-refractivity contribution in [3.05, 3.63) is 58.1 Å². The molecule has 2 aromatic carbocycles. The molecule has 2 heterocycles. The van der Waals surface area contributed by atoms with Gasteiger partial charge < -0.3 is 15.1 Å². The third kappa shape index (κ3) is 4.97. The Bertz CT molecular complexity index is 1110. The zero-order chi connectivity index (χ0) is 22.7. The summed E-state index contributed by atoms with van der Waals surface area (Å²) >= 11 is 1.49. The molecule has 0 aliphatic carbocycles. The number of aromatic nitrogens is 1. The van der Waals surface area contributed by atoms with Gasteiger partial charge in [0.15, 0.2) is 5.13 Å². The topological polar surface area (TPSA) is 94.9 Å². The molecule has 1 saturated heterocycles. The van der Waals surface area contributed by atoms with Gasteiger partial charge in [0.1, 0.15) is 0 Å². The molecule has 0 atom stereocenters. The summed E-state index contributed by atoms with van der Waals surface area (Å²) in [4.78, 5) is 34.1. The fourth-order valence-electron chi connectivity index (χ4n) is 3.65. The quantitative estimate of drug-likeness (QED) is 0.433. The Kier molecular flexibility index (Phi) is 6.52. The van der Waals surface area contributed by atoms with Gasteiger partial charge >= 0.3 is 0 Å². The van der Waals surface area contributed by atoms with Gasteiger partial charge in [0.05, 0.1) is 15.1 Å². The van der Waals surface area contributed by atoms with Gasteiger partial charge in [-0.3, -0.25) is 19.8 Å². The van der Waals surface area contributed by atoms with Crippen LogP contribution in [0.5, 0.6) is 0 Å². The maximum atomic E-state index is 12.4. The first-order valence-electron chi connectivity index (χ1n) is 10.5. The summed E-state index contributed by atoms with van der Waals surface area (Å²) in [6.07, 6.45) is 0. The van der Waals surface area contributed by atoms with Crippen LogP contribution in [0.15, 0.2) is 42.5 Å². The Hall–Kier alpha value is -3.24. The summed E-state index contributed by atoms with van der Waals surface area (Å²) in [6.45, 7) is 4.82. The number of anilines is 2. The second-order valence-electron chi connectivity index (χ2n) is 7.93. The summed E-state index contributed by atoms with van der Waals surface area (Å²) in [7, 11) is 3.94. The number of nitro groups is 1. The monoisotopic (exact) mass is 454 g/mol. The van der Waals surface area contributed by atoms with E-state index in [9.17, 15) is 14.9 Å². The highest BCUT2D eigenvalue weighted by molar-refractivity contribution is 7.22. The molecule has 1 fully saturated rings. The van der Waals surface area contributed by atoms with Gasteiger partial charge in [0.25, 0.3) is 11.6 Å². The number of rotatable bonds is 7. The molecule has 9 nitrogen and oxygen atoms in total. The second-order valence-corrected chi connectivity index (χ2v) is 8.94. The molecule has 1 aliphatic heterocycles. The van der Waals surface area contributed by atoms with Gasteiger partial charge in [-0.1, -0.05) is 11.3 Å². The van der Waals surface area contributed by atoms with Crippen molar-refractivity contribution in [3.8, 4) is 0 Å². The van der Waals surface area contributed by atoms with Crippen molar-refractivity contribution in [1.82, 2.24) is 15.2 Å². The molecule has 0 radical (unpaired) electrons. The smallest absolute Gasteiger partial charge is 0.270 e. The maximum Gasteiger partial charge on any atom is 0.270 e. The molecule has 0 saturated carbocycles. The number of amides is 1.